The summed E-state index contributed by atoms with van der Waals surface area (Å²) in [4.78, 5) is 11.2. The molecule has 0 aliphatic rings. The lowest BCUT2D eigenvalue weighted by Gasteiger charge is -2.17. The summed E-state index contributed by atoms with van der Waals surface area (Å²) in [7, 11) is 0. The van der Waals surface area contributed by atoms with Crippen LogP contribution < -0.4 is 0 Å². The third-order valence-corrected chi connectivity index (χ3v) is 2.72. The maximum absolute atomic E-state index is 11.2. The molecule has 0 amide bonds. The zero-order valence-electron chi connectivity index (χ0n) is 8.45. The van der Waals surface area contributed by atoms with E-state index in [0.717, 1.165) is 0 Å². The highest BCUT2D eigenvalue weighted by Crippen LogP contribution is 2.23. The molecular weight excluding hydrogens is 160 g/mol. The van der Waals surface area contributed by atoms with Crippen LogP contribution in [0.15, 0.2) is 30.3 Å². The first-order chi connectivity index (χ1) is 6.13. The quantitative estimate of drug-likeness (QED) is 0.692. The van der Waals surface area contributed by atoms with E-state index in [4.69, 9.17) is 0 Å². The van der Waals surface area contributed by atoms with Crippen molar-refractivity contribution in [3.63, 3.8) is 0 Å². The summed E-state index contributed by atoms with van der Waals surface area (Å²) in [5, 5.41) is 0. The van der Waals surface area contributed by atoms with Gasteiger partial charge < -0.3 is 0 Å². The van der Waals surface area contributed by atoms with Crippen LogP contribution >= 0.6 is 0 Å². The second-order valence-corrected chi connectivity index (χ2v) is 3.60. The second kappa shape index (κ2) is 4.22. The molecule has 0 aromatic heterocycles. The molecule has 1 heteroatoms. The molecule has 0 N–H and O–H groups in total. The highest BCUT2D eigenvalue weighted by molar-refractivity contribution is 5.78. The maximum Gasteiger partial charge on any atom is 0.133 e. The summed E-state index contributed by atoms with van der Waals surface area (Å²) >= 11 is 0. The van der Waals surface area contributed by atoms with Gasteiger partial charge in [0, 0.05) is 5.92 Å². The van der Waals surface area contributed by atoms with Crippen molar-refractivity contribution in [3.8, 4) is 0 Å². The molecule has 0 bridgehead atoms. The Hall–Kier alpha value is -1.11. The Bertz CT molecular complexity index is 276. The average Bonchev–Trinajstić information content (AvgIpc) is 2.17. The van der Waals surface area contributed by atoms with Crippen LogP contribution in [-0.2, 0) is 4.79 Å². The summed E-state index contributed by atoms with van der Waals surface area (Å²) in [5.74, 6) is 0.692. The molecule has 0 fully saturated rings. The van der Waals surface area contributed by atoms with Crippen molar-refractivity contribution in [3.05, 3.63) is 35.9 Å². The number of rotatable bonds is 3. The molecule has 0 aliphatic heterocycles. The fourth-order valence-corrected chi connectivity index (χ4v) is 1.40. The Morgan fingerprint density at radius 3 is 2.15 bits per heavy atom. The predicted octanol–water partition coefficient (Wildman–Crippen LogP) is 3.02. The Kier molecular flexibility index (Phi) is 3.24. The van der Waals surface area contributed by atoms with Crippen LogP contribution in [0, 0.1) is 5.92 Å². The lowest BCUT2D eigenvalue weighted by Crippen LogP contribution is -2.14. The second-order valence-electron chi connectivity index (χ2n) is 3.60. The third-order valence-electron chi connectivity index (χ3n) is 2.72. The van der Waals surface area contributed by atoms with Crippen LogP contribution in [0.5, 0.6) is 0 Å². The number of hydrogen-bond donors (Lipinski definition) is 0. The number of carbonyl (C=O) groups excluding carboxylic acids is 1. The van der Waals surface area contributed by atoms with Crippen LogP contribution in [-0.4, -0.2) is 5.78 Å². The minimum atomic E-state index is 0.113. The van der Waals surface area contributed by atoms with E-state index in [1.807, 2.05) is 25.1 Å². The van der Waals surface area contributed by atoms with Crippen LogP contribution in [0.4, 0.5) is 0 Å². The van der Waals surface area contributed by atoms with Gasteiger partial charge in [-0.05, 0) is 18.4 Å². The minimum Gasteiger partial charge on any atom is -0.300 e. The number of benzene rings is 1. The first kappa shape index (κ1) is 9.97. The fourth-order valence-electron chi connectivity index (χ4n) is 1.40. The van der Waals surface area contributed by atoms with Crippen LogP contribution in [0.3, 0.4) is 0 Å². The van der Waals surface area contributed by atoms with Gasteiger partial charge in [-0.15, -0.1) is 0 Å². The van der Waals surface area contributed by atoms with Crippen molar-refractivity contribution in [2.45, 2.75) is 26.7 Å². The van der Waals surface area contributed by atoms with Gasteiger partial charge in [-0.2, -0.15) is 0 Å². The number of carbonyl (C=O) groups is 1. The van der Waals surface area contributed by atoms with E-state index in [9.17, 15) is 4.79 Å². The van der Waals surface area contributed by atoms with Gasteiger partial charge >= 0.3 is 0 Å². The molecule has 70 valence electrons. The molecule has 0 saturated heterocycles. The number of Topliss-reactive ketones (excluding diaryl/α,β-unsaturated/α-hetero) is 1. The van der Waals surface area contributed by atoms with Crippen molar-refractivity contribution in [2.75, 3.05) is 0 Å². The monoisotopic (exact) mass is 176 g/mol. The minimum absolute atomic E-state index is 0.113. The van der Waals surface area contributed by atoms with Gasteiger partial charge in [0.1, 0.15) is 5.78 Å². The van der Waals surface area contributed by atoms with Crippen molar-refractivity contribution < 1.29 is 4.79 Å². The van der Waals surface area contributed by atoms with E-state index in [1.54, 1.807) is 6.92 Å². The largest absolute Gasteiger partial charge is 0.300 e. The molecule has 0 radical (unpaired) electrons. The van der Waals surface area contributed by atoms with E-state index in [1.165, 1.54) is 5.56 Å². The van der Waals surface area contributed by atoms with Crippen molar-refractivity contribution in [1.82, 2.24) is 0 Å². The standard InChI is InChI=1S/C12H16O/c1-9(11(3)13)10(2)12-7-5-4-6-8-12/h4-10H,1-3H3. The first-order valence-electron chi connectivity index (χ1n) is 4.68. The summed E-state index contributed by atoms with van der Waals surface area (Å²) in [5.41, 5.74) is 1.24. The van der Waals surface area contributed by atoms with E-state index in [-0.39, 0.29) is 11.7 Å². The van der Waals surface area contributed by atoms with Gasteiger partial charge in [0.05, 0.1) is 0 Å². The third kappa shape index (κ3) is 2.41. The van der Waals surface area contributed by atoms with Crippen molar-refractivity contribution in [1.29, 1.82) is 0 Å². The molecule has 2 atom stereocenters. The summed E-state index contributed by atoms with van der Waals surface area (Å²) in [6.45, 7) is 5.74. The lowest BCUT2D eigenvalue weighted by atomic mass is 9.87. The lowest BCUT2D eigenvalue weighted by molar-refractivity contribution is -0.120. The number of hydrogen-bond acceptors (Lipinski definition) is 1. The highest BCUT2D eigenvalue weighted by atomic mass is 16.1. The van der Waals surface area contributed by atoms with Gasteiger partial charge in [0.15, 0.2) is 0 Å². The van der Waals surface area contributed by atoms with Crippen LogP contribution in [0.25, 0.3) is 0 Å². The van der Waals surface area contributed by atoms with Crippen molar-refractivity contribution >= 4 is 5.78 Å². The Labute approximate surface area is 79.8 Å². The molecule has 1 nitrogen and oxygen atoms in total. The molecule has 1 aromatic carbocycles. The maximum atomic E-state index is 11.2. The van der Waals surface area contributed by atoms with E-state index in [0.29, 0.717) is 5.92 Å². The van der Waals surface area contributed by atoms with Gasteiger partial charge in [0.2, 0.25) is 0 Å². The zero-order chi connectivity index (χ0) is 9.84. The molecule has 13 heavy (non-hydrogen) atoms. The molecular formula is C12H16O. The molecule has 0 saturated carbocycles. The smallest absolute Gasteiger partial charge is 0.133 e. The Morgan fingerprint density at radius 2 is 1.69 bits per heavy atom. The van der Waals surface area contributed by atoms with Crippen LogP contribution in [0.1, 0.15) is 32.3 Å². The summed E-state index contributed by atoms with van der Waals surface area (Å²) in [6, 6.07) is 10.2. The van der Waals surface area contributed by atoms with E-state index in [2.05, 4.69) is 19.1 Å². The summed E-state index contributed by atoms with van der Waals surface area (Å²) < 4.78 is 0. The first-order valence-corrected chi connectivity index (χ1v) is 4.68. The molecule has 0 spiro atoms. The Balaban J connectivity index is 2.79. The van der Waals surface area contributed by atoms with Crippen LogP contribution in [0.2, 0.25) is 0 Å². The van der Waals surface area contributed by atoms with Gasteiger partial charge in [0.25, 0.3) is 0 Å². The average molecular weight is 176 g/mol. The molecule has 1 rings (SSSR count). The zero-order valence-corrected chi connectivity index (χ0v) is 8.45. The van der Waals surface area contributed by atoms with E-state index >= 15 is 0 Å². The molecule has 0 aliphatic carbocycles. The normalized spacial score (nSPS) is 15.0. The topological polar surface area (TPSA) is 17.1 Å². The van der Waals surface area contributed by atoms with Crippen molar-refractivity contribution in [2.24, 2.45) is 5.92 Å². The van der Waals surface area contributed by atoms with Gasteiger partial charge in [-0.25, -0.2) is 0 Å². The van der Waals surface area contributed by atoms with E-state index < -0.39 is 0 Å². The number of ketones is 1. The van der Waals surface area contributed by atoms with Gasteiger partial charge in [-0.1, -0.05) is 44.2 Å². The molecule has 1 aromatic rings. The molecule has 0 heterocycles. The Morgan fingerprint density at radius 1 is 1.15 bits per heavy atom. The fraction of sp³-hybridized carbons (Fsp3) is 0.417. The molecule has 2 unspecified atom stereocenters. The highest BCUT2D eigenvalue weighted by Gasteiger charge is 2.17. The van der Waals surface area contributed by atoms with Gasteiger partial charge in [-0.3, -0.25) is 4.79 Å². The SMILES string of the molecule is CC(=O)C(C)C(C)c1ccccc1. The summed E-state index contributed by atoms with van der Waals surface area (Å²) in [6.07, 6.45) is 0. The predicted molar refractivity (Wildman–Crippen MR) is 54.7 cm³/mol.